The maximum Gasteiger partial charge on any atom is 0.161 e. The average molecular weight is 139 g/mol. The van der Waals surface area contributed by atoms with Gasteiger partial charge >= 0.3 is 0 Å². The zero-order valence-electron chi connectivity index (χ0n) is 6.81. The fourth-order valence-electron chi connectivity index (χ4n) is 0.828. The van der Waals surface area contributed by atoms with E-state index in [1.807, 2.05) is 6.92 Å². The van der Waals surface area contributed by atoms with Crippen LogP contribution in [0.25, 0.3) is 0 Å². The highest BCUT2D eigenvalue weighted by Crippen LogP contribution is 2.09. The molecule has 1 nitrogen and oxygen atoms in total. The molecule has 0 spiro atoms. The molecule has 0 aromatic carbocycles. The first-order valence-electron chi connectivity index (χ1n) is 3.62. The Bertz CT molecular complexity index is 136. The highest BCUT2D eigenvalue weighted by Gasteiger charge is 2.11. The van der Waals surface area contributed by atoms with Crippen molar-refractivity contribution in [2.45, 2.75) is 26.7 Å². The van der Waals surface area contributed by atoms with Crippen molar-refractivity contribution in [3.8, 4) is 0 Å². The molecule has 0 rings (SSSR count). The predicted molar refractivity (Wildman–Crippen MR) is 43.6 cm³/mol. The molecule has 0 N–H and O–H groups in total. The normalized spacial score (nSPS) is 12.7. The Balaban J connectivity index is 3.82. The monoisotopic (exact) mass is 139 g/mol. The van der Waals surface area contributed by atoms with Gasteiger partial charge in [0.15, 0.2) is 5.78 Å². The molecule has 0 bridgehead atoms. The summed E-state index contributed by atoms with van der Waals surface area (Å²) in [5.41, 5.74) is 0.619. The van der Waals surface area contributed by atoms with E-state index in [-0.39, 0.29) is 11.7 Å². The summed E-state index contributed by atoms with van der Waals surface area (Å²) >= 11 is 0. The molecule has 1 atom stereocenters. The maximum absolute atomic E-state index is 11.1. The third-order valence-electron chi connectivity index (χ3n) is 1.43. The van der Waals surface area contributed by atoms with E-state index in [9.17, 15) is 4.79 Å². The zero-order chi connectivity index (χ0) is 8.15. The molecule has 0 fully saturated rings. The predicted octanol–water partition coefficient (Wildman–Crippen LogP) is 2.38. The van der Waals surface area contributed by atoms with Crippen LogP contribution in [0.3, 0.4) is 0 Å². The Labute approximate surface area is 63.1 Å². The van der Waals surface area contributed by atoms with Gasteiger partial charge in [0.2, 0.25) is 0 Å². The van der Waals surface area contributed by atoms with Gasteiger partial charge in [-0.05, 0) is 25.8 Å². The third-order valence-corrected chi connectivity index (χ3v) is 1.43. The minimum absolute atomic E-state index is 0.0810. The lowest BCUT2D eigenvalue weighted by atomic mass is 9.97. The van der Waals surface area contributed by atoms with Gasteiger partial charge in [-0.2, -0.15) is 0 Å². The molecule has 0 amide bonds. The van der Waals surface area contributed by atoms with Crippen LogP contribution in [0.1, 0.15) is 26.7 Å². The van der Waals surface area contributed by atoms with E-state index in [1.165, 1.54) is 0 Å². The van der Waals surface area contributed by atoms with Gasteiger partial charge in [-0.15, -0.1) is 0 Å². The number of ketones is 1. The van der Waals surface area contributed by atoms with Gasteiger partial charge in [0.25, 0.3) is 0 Å². The Kier molecular flexibility index (Phi) is 4.01. The van der Waals surface area contributed by atoms with Crippen molar-refractivity contribution < 1.29 is 4.79 Å². The van der Waals surface area contributed by atoms with E-state index in [4.69, 9.17) is 0 Å². The molecule has 10 heavy (non-hydrogen) atoms. The lowest BCUT2D eigenvalue weighted by molar-refractivity contribution is -0.118. The summed E-state index contributed by atoms with van der Waals surface area (Å²) in [6.45, 7) is 11.1. The Morgan fingerprint density at radius 3 is 2.40 bits per heavy atom. The van der Waals surface area contributed by atoms with Crippen LogP contribution in [0.2, 0.25) is 0 Å². The summed E-state index contributed by atoms with van der Waals surface area (Å²) < 4.78 is 0. The molecule has 0 aliphatic heterocycles. The van der Waals surface area contributed by atoms with Gasteiger partial charge < -0.3 is 0 Å². The van der Waals surface area contributed by atoms with Crippen LogP contribution in [0.15, 0.2) is 12.2 Å². The lowest BCUT2D eigenvalue weighted by Crippen LogP contribution is -2.10. The van der Waals surface area contributed by atoms with Crippen molar-refractivity contribution in [3.63, 3.8) is 0 Å². The molecule has 0 aromatic rings. The zero-order valence-corrected chi connectivity index (χ0v) is 6.81. The number of rotatable bonds is 4. The van der Waals surface area contributed by atoms with Crippen LogP contribution < -0.4 is 0 Å². The van der Waals surface area contributed by atoms with Crippen LogP contribution in [0.5, 0.6) is 0 Å². The molecular weight excluding hydrogens is 124 g/mol. The standard InChI is InChI=1S/C9H15O/c1-5-6-8(4)9(10)7(2)3/h8H,2,4-6H2,1,3H3. The van der Waals surface area contributed by atoms with Crippen LogP contribution in [-0.2, 0) is 4.79 Å². The smallest absolute Gasteiger partial charge is 0.161 e. The van der Waals surface area contributed by atoms with E-state index in [0.717, 1.165) is 12.8 Å². The molecule has 1 unspecified atom stereocenters. The Morgan fingerprint density at radius 2 is 2.10 bits per heavy atom. The minimum atomic E-state index is -0.0810. The van der Waals surface area contributed by atoms with E-state index in [2.05, 4.69) is 13.5 Å². The lowest BCUT2D eigenvalue weighted by Gasteiger charge is -2.06. The molecule has 0 aliphatic rings. The van der Waals surface area contributed by atoms with Crippen molar-refractivity contribution in [2.24, 2.45) is 5.92 Å². The van der Waals surface area contributed by atoms with E-state index >= 15 is 0 Å². The highest BCUT2D eigenvalue weighted by molar-refractivity contribution is 5.96. The number of Topliss-reactive ketones (excluding diaryl/α,β-unsaturated/α-hetero) is 1. The highest BCUT2D eigenvalue weighted by atomic mass is 16.1. The van der Waals surface area contributed by atoms with Crippen LogP contribution >= 0.6 is 0 Å². The number of hydrogen-bond acceptors (Lipinski definition) is 1. The Morgan fingerprint density at radius 1 is 1.60 bits per heavy atom. The topological polar surface area (TPSA) is 17.1 Å². The maximum atomic E-state index is 11.1. The quantitative estimate of drug-likeness (QED) is 0.546. The second-order valence-electron chi connectivity index (χ2n) is 2.63. The van der Waals surface area contributed by atoms with Gasteiger partial charge in [0.05, 0.1) is 0 Å². The summed E-state index contributed by atoms with van der Waals surface area (Å²) in [5.74, 6) is 0.0179. The Hall–Kier alpha value is -0.590. The van der Waals surface area contributed by atoms with Crippen molar-refractivity contribution in [1.29, 1.82) is 0 Å². The van der Waals surface area contributed by atoms with Gasteiger partial charge in [-0.25, -0.2) is 0 Å². The molecule has 0 saturated carbocycles. The molecule has 0 saturated heterocycles. The van der Waals surface area contributed by atoms with Crippen molar-refractivity contribution in [3.05, 3.63) is 19.1 Å². The molecule has 57 valence electrons. The summed E-state index contributed by atoms with van der Waals surface area (Å²) in [5, 5.41) is 0. The third kappa shape index (κ3) is 2.81. The molecular formula is C9H15O. The van der Waals surface area contributed by atoms with E-state index in [1.54, 1.807) is 6.92 Å². The number of hydrogen-bond donors (Lipinski definition) is 0. The largest absolute Gasteiger partial charge is 0.294 e. The van der Waals surface area contributed by atoms with Gasteiger partial charge in [-0.1, -0.05) is 19.9 Å². The van der Waals surface area contributed by atoms with Gasteiger partial charge in [-0.3, -0.25) is 4.79 Å². The van der Waals surface area contributed by atoms with E-state index < -0.39 is 0 Å². The van der Waals surface area contributed by atoms with Crippen molar-refractivity contribution >= 4 is 5.78 Å². The molecule has 0 aliphatic carbocycles. The molecule has 0 aromatic heterocycles. The average Bonchev–Trinajstić information content (AvgIpc) is 1.87. The summed E-state index contributed by atoms with van der Waals surface area (Å²) in [7, 11) is 0. The molecule has 0 heterocycles. The second-order valence-corrected chi connectivity index (χ2v) is 2.63. The van der Waals surface area contributed by atoms with Gasteiger partial charge in [0, 0.05) is 5.92 Å². The fourth-order valence-corrected chi connectivity index (χ4v) is 0.828. The first-order valence-corrected chi connectivity index (χ1v) is 3.62. The molecule has 1 heteroatoms. The number of carbonyl (C=O) groups excluding carboxylic acids is 1. The van der Waals surface area contributed by atoms with Crippen molar-refractivity contribution in [1.82, 2.24) is 0 Å². The first kappa shape index (κ1) is 9.41. The molecule has 1 radical (unpaired) electrons. The SMILES string of the molecule is [CH2]C(CCC)C(=O)C(=C)C. The van der Waals surface area contributed by atoms with Crippen LogP contribution in [-0.4, -0.2) is 5.78 Å². The summed E-state index contributed by atoms with van der Waals surface area (Å²) in [6, 6.07) is 0. The summed E-state index contributed by atoms with van der Waals surface area (Å²) in [4.78, 5) is 11.1. The first-order chi connectivity index (χ1) is 4.59. The minimum Gasteiger partial charge on any atom is -0.294 e. The van der Waals surface area contributed by atoms with Gasteiger partial charge in [0.1, 0.15) is 0 Å². The van der Waals surface area contributed by atoms with E-state index in [0.29, 0.717) is 5.57 Å². The summed E-state index contributed by atoms with van der Waals surface area (Å²) in [6.07, 6.45) is 1.87. The number of allylic oxidation sites excluding steroid dienone is 1. The number of carbonyl (C=O) groups is 1. The van der Waals surface area contributed by atoms with Crippen LogP contribution in [0.4, 0.5) is 0 Å². The fraction of sp³-hybridized carbons (Fsp3) is 0.556. The second kappa shape index (κ2) is 4.26. The van der Waals surface area contributed by atoms with Crippen LogP contribution in [0, 0.1) is 12.8 Å². The van der Waals surface area contributed by atoms with Crippen molar-refractivity contribution in [2.75, 3.05) is 0 Å².